The molecule has 0 aliphatic carbocycles. The lowest BCUT2D eigenvalue weighted by atomic mass is 9.96. The molecule has 1 aromatic carbocycles. The molecule has 112 valence electrons. The largest absolute Gasteiger partial charge is 0.373 e. The minimum Gasteiger partial charge on any atom is -0.373 e. The SMILES string of the molecule is CN(CC(C)(C)C)c1ccc([N+](=O)[O-])cc1S(C)(=O)=O. The molecule has 0 aromatic heterocycles. The Balaban J connectivity index is 3.36. The second-order valence-electron chi connectivity index (χ2n) is 6.10. The second kappa shape index (κ2) is 5.40. The molecule has 20 heavy (non-hydrogen) atoms. The van der Waals surface area contributed by atoms with Crippen molar-refractivity contribution >= 4 is 21.2 Å². The van der Waals surface area contributed by atoms with Gasteiger partial charge in [0, 0.05) is 32.0 Å². The van der Waals surface area contributed by atoms with Crippen LogP contribution in [0.3, 0.4) is 0 Å². The van der Waals surface area contributed by atoms with Crippen LogP contribution in [0.15, 0.2) is 23.1 Å². The maximum Gasteiger partial charge on any atom is 0.270 e. The van der Waals surface area contributed by atoms with Crippen LogP contribution >= 0.6 is 0 Å². The monoisotopic (exact) mass is 300 g/mol. The quantitative estimate of drug-likeness (QED) is 0.630. The first-order chi connectivity index (χ1) is 8.92. The molecule has 0 unspecified atom stereocenters. The summed E-state index contributed by atoms with van der Waals surface area (Å²) in [6, 6.07) is 3.92. The smallest absolute Gasteiger partial charge is 0.270 e. The number of non-ortho nitro benzene ring substituents is 1. The van der Waals surface area contributed by atoms with Gasteiger partial charge in [0.2, 0.25) is 0 Å². The van der Waals surface area contributed by atoms with Crippen molar-refractivity contribution in [2.45, 2.75) is 25.7 Å². The van der Waals surface area contributed by atoms with Crippen LogP contribution in [0.1, 0.15) is 20.8 Å². The van der Waals surface area contributed by atoms with Crippen molar-refractivity contribution < 1.29 is 13.3 Å². The van der Waals surface area contributed by atoms with Gasteiger partial charge in [0.05, 0.1) is 15.5 Å². The van der Waals surface area contributed by atoms with E-state index in [0.717, 1.165) is 12.3 Å². The Hall–Kier alpha value is -1.63. The van der Waals surface area contributed by atoms with Crippen molar-refractivity contribution in [2.75, 3.05) is 24.7 Å². The first kappa shape index (κ1) is 16.4. The highest BCUT2D eigenvalue weighted by Gasteiger charge is 2.22. The summed E-state index contributed by atoms with van der Waals surface area (Å²) in [6.45, 7) is 6.74. The van der Waals surface area contributed by atoms with E-state index in [0.29, 0.717) is 12.2 Å². The van der Waals surface area contributed by atoms with Gasteiger partial charge in [0.15, 0.2) is 9.84 Å². The molecule has 0 aliphatic rings. The van der Waals surface area contributed by atoms with Gasteiger partial charge in [-0.1, -0.05) is 20.8 Å². The second-order valence-corrected chi connectivity index (χ2v) is 8.08. The van der Waals surface area contributed by atoms with Crippen LogP contribution in [0, 0.1) is 15.5 Å². The van der Waals surface area contributed by atoms with E-state index in [1.807, 2.05) is 20.8 Å². The molecule has 0 fully saturated rings. The van der Waals surface area contributed by atoms with E-state index < -0.39 is 14.8 Å². The van der Waals surface area contributed by atoms with Gasteiger partial charge < -0.3 is 4.90 Å². The number of sulfone groups is 1. The summed E-state index contributed by atoms with van der Waals surface area (Å²) in [6.07, 6.45) is 1.06. The van der Waals surface area contributed by atoms with Gasteiger partial charge in [0.1, 0.15) is 0 Å². The highest BCUT2D eigenvalue weighted by Crippen LogP contribution is 2.30. The lowest BCUT2D eigenvalue weighted by Gasteiger charge is -2.29. The van der Waals surface area contributed by atoms with Crippen molar-refractivity contribution in [1.82, 2.24) is 0 Å². The first-order valence-corrected chi connectivity index (χ1v) is 8.00. The Kier molecular flexibility index (Phi) is 4.43. The van der Waals surface area contributed by atoms with Crippen molar-refractivity contribution in [1.29, 1.82) is 0 Å². The number of hydrogen-bond donors (Lipinski definition) is 0. The van der Waals surface area contributed by atoms with E-state index >= 15 is 0 Å². The summed E-state index contributed by atoms with van der Waals surface area (Å²) in [4.78, 5) is 12.0. The van der Waals surface area contributed by atoms with Gasteiger partial charge in [-0.05, 0) is 11.5 Å². The molecular formula is C13H20N2O4S. The number of anilines is 1. The fourth-order valence-electron chi connectivity index (χ4n) is 2.03. The summed E-state index contributed by atoms with van der Waals surface area (Å²) in [7, 11) is -1.76. The molecule has 0 saturated carbocycles. The van der Waals surface area contributed by atoms with E-state index in [9.17, 15) is 18.5 Å². The van der Waals surface area contributed by atoms with Crippen LogP contribution < -0.4 is 4.90 Å². The maximum absolute atomic E-state index is 11.8. The van der Waals surface area contributed by atoms with Gasteiger partial charge in [-0.25, -0.2) is 8.42 Å². The van der Waals surface area contributed by atoms with Crippen LogP contribution in [0.2, 0.25) is 0 Å². The zero-order valence-electron chi connectivity index (χ0n) is 12.4. The minimum atomic E-state index is -3.54. The average Bonchev–Trinajstić information content (AvgIpc) is 2.24. The molecule has 0 heterocycles. The lowest BCUT2D eigenvalue weighted by Crippen LogP contribution is -2.30. The number of benzene rings is 1. The zero-order chi connectivity index (χ0) is 15.7. The van der Waals surface area contributed by atoms with Crippen molar-refractivity contribution in [3.63, 3.8) is 0 Å². The van der Waals surface area contributed by atoms with Crippen LogP contribution in [0.4, 0.5) is 11.4 Å². The number of nitro benzene ring substituents is 1. The molecule has 0 aliphatic heterocycles. The van der Waals surface area contributed by atoms with E-state index in [1.54, 1.807) is 11.9 Å². The Morgan fingerprint density at radius 2 is 1.85 bits per heavy atom. The third kappa shape index (κ3) is 4.19. The predicted molar refractivity (Wildman–Crippen MR) is 78.9 cm³/mol. The van der Waals surface area contributed by atoms with Crippen LogP contribution in [0.25, 0.3) is 0 Å². The van der Waals surface area contributed by atoms with Gasteiger partial charge in [-0.15, -0.1) is 0 Å². The fourth-order valence-corrected chi connectivity index (χ4v) is 2.96. The average molecular weight is 300 g/mol. The molecule has 0 radical (unpaired) electrons. The molecule has 7 heteroatoms. The number of rotatable bonds is 4. The van der Waals surface area contributed by atoms with Crippen molar-refractivity contribution in [3.05, 3.63) is 28.3 Å². The molecule has 0 spiro atoms. The normalized spacial score (nSPS) is 12.2. The zero-order valence-corrected chi connectivity index (χ0v) is 13.2. The molecule has 1 aromatic rings. The number of hydrogen-bond acceptors (Lipinski definition) is 5. The van der Waals surface area contributed by atoms with E-state index in [4.69, 9.17) is 0 Å². The molecule has 0 saturated heterocycles. The molecule has 6 nitrogen and oxygen atoms in total. The predicted octanol–water partition coefficient (Wildman–Crippen LogP) is 2.48. The van der Waals surface area contributed by atoms with E-state index in [-0.39, 0.29) is 16.0 Å². The third-order valence-electron chi connectivity index (χ3n) is 2.68. The molecule has 0 amide bonds. The molecule has 0 bridgehead atoms. The Morgan fingerprint density at radius 1 is 1.30 bits per heavy atom. The van der Waals surface area contributed by atoms with Gasteiger partial charge >= 0.3 is 0 Å². The summed E-state index contributed by atoms with van der Waals surface area (Å²) in [5, 5.41) is 10.8. The topological polar surface area (TPSA) is 80.5 Å². The van der Waals surface area contributed by atoms with Crippen LogP contribution in [-0.4, -0.2) is 33.2 Å². The molecule has 0 N–H and O–H groups in total. The van der Waals surface area contributed by atoms with Crippen molar-refractivity contribution in [2.24, 2.45) is 5.41 Å². The number of nitrogens with zero attached hydrogens (tertiary/aromatic N) is 2. The van der Waals surface area contributed by atoms with E-state index in [2.05, 4.69) is 0 Å². The Labute approximate surface area is 119 Å². The third-order valence-corrected chi connectivity index (χ3v) is 3.80. The summed E-state index contributed by atoms with van der Waals surface area (Å²) in [5.41, 5.74) is 0.233. The van der Waals surface area contributed by atoms with Crippen LogP contribution in [-0.2, 0) is 9.84 Å². The maximum atomic E-state index is 11.8. The van der Waals surface area contributed by atoms with Gasteiger partial charge in [-0.2, -0.15) is 0 Å². The fraction of sp³-hybridized carbons (Fsp3) is 0.538. The van der Waals surface area contributed by atoms with Gasteiger partial charge in [-0.3, -0.25) is 10.1 Å². The summed E-state index contributed by atoms with van der Waals surface area (Å²) in [5.74, 6) is 0. The standard InChI is InChI=1S/C13H20N2O4S/c1-13(2,3)9-14(4)11-7-6-10(15(16)17)8-12(11)20(5,18)19/h6-8H,9H2,1-5H3. The summed E-state index contributed by atoms with van der Waals surface area (Å²) < 4.78 is 23.7. The molecule has 1 rings (SSSR count). The number of nitro groups is 1. The lowest BCUT2D eigenvalue weighted by molar-refractivity contribution is -0.385. The Bertz CT molecular complexity index is 618. The molecular weight excluding hydrogens is 280 g/mol. The highest BCUT2D eigenvalue weighted by molar-refractivity contribution is 7.90. The van der Waals surface area contributed by atoms with Crippen molar-refractivity contribution in [3.8, 4) is 0 Å². The van der Waals surface area contributed by atoms with Crippen LogP contribution in [0.5, 0.6) is 0 Å². The minimum absolute atomic E-state index is 0.0153. The van der Waals surface area contributed by atoms with Gasteiger partial charge in [0.25, 0.3) is 5.69 Å². The summed E-state index contributed by atoms with van der Waals surface area (Å²) >= 11 is 0. The van der Waals surface area contributed by atoms with E-state index in [1.165, 1.54) is 12.1 Å². The Morgan fingerprint density at radius 3 is 2.25 bits per heavy atom. The first-order valence-electron chi connectivity index (χ1n) is 6.11. The molecule has 0 atom stereocenters. The highest BCUT2D eigenvalue weighted by atomic mass is 32.2.